The Morgan fingerprint density at radius 1 is 1.44 bits per heavy atom. The minimum absolute atomic E-state index is 0.0957. The van der Waals surface area contributed by atoms with E-state index in [2.05, 4.69) is 36.6 Å². The zero-order valence-corrected chi connectivity index (χ0v) is 13.8. The average Bonchev–Trinajstić information content (AvgIpc) is 2.63. The fraction of sp³-hybridized carbons (Fsp3) is 0.556. The lowest BCUT2D eigenvalue weighted by atomic mass is 9.98. The molecule has 0 amide bonds. The smallest absolute Gasteiger partial charge is 0.210 e. The van der Waals surface area contributed by atoms with Crippen LogP contribution in [0.1, 0.15) is 13.8 Å². The zero-order valence-electron chi connectivity index (χ0n) is 8.96. The maximum Gasteiger partial charge on any atom is 0.250 e. The van der Waals surface area contributed by atoms with Gasteiger partial charge in [-0.3, -0.25) is 0 Å². The van der Waals surface area contributed by atoms with Gasteiger partial charge in [0.15, 0.2) is 0 Å². The Bertz CT molecular complexity index is 454. The molecule has 1 aromatic heterocycles. The van der Waals surface area contributed by atoms with E-state index in [-0.39, 0.29) is 5.41 Å². The van der Waals surface area contributed by atoms with E-state index in [1.807, 2.05) is 13.8 Å². The van der Waals surface area contributed by atoms with Crippen molar-refractivity contribution in [2.45, 2.75) is 18.1 Å². The molecule has 0 bridgehead atoms. The average molecular weight is 391 g/mol. The van der Waals surface area contributed by atoms with Crippen LogP contribution in [0.25, 0.3) is 0 Å². The Hall–Kier alpha value is 0.570. The number of rotatable bonds is 5. The van der Waals surface area contributed by atoms with Gasteiger partial charge in [0.1, 0.15) is 4.21 Å². The lowest BCUT2D eigenvalue weighted by molar-refractivity contribution is 0.420. The summed E-state index contributed by atoms with van der Waals surface area (Å²) in [5.41, 5.74) is -0.0957. The summed E-state index contributed by atoms with van der Waals surface area (Å²) in [6.07, 6.45) is 0. The van der Waals surface area contributed by atoms with Crippen molar-refractivity contribution in [1.82, 2.24) is 4.72 Å². The van der Waals surface area contributed by atoms with Gasteiger partial charge in [-0.15, -0.1) is 11.3 Å². The SMILES string of the molecule is CC(C)(CBr)CNS(=O)(=O)c1ccc(Br)s1. The minimum Gasteiger partial charge on any atom is -0.210 e. The fourth-order valence-corrected chi connectivity index (χ4v) is 4.35. The predicted octanol–water partition coefficient (Wildman–Crippen LogP) is 3.21. The van der Waals surface area contributed by atoms with E-state index in [1.165, 1.54) is 11.3 Å². The number of thiophene rings is 1. The summed E-state index contributed by atoms with van der Waals surface area (Å²) in [5.74, 6) is 0. The predicted molar refractivity (Wildman–Crippen MR) is 74.8 cm³/mol. The van der Waals surface area contributed by atoms with Crippen molar-refractivity contribution >= 4 is 53.2 Å². The number of nitrogens with one attached hydrogen (secondary N) is 1. The Kier molecular flexibility index (Phi) is 5.01. The summed E-state index contributed by atoms with van der Waals surface area (Å²) in [4.78, 5) is 0. The van der Waals surface area contributed by atoms with Crippen LogP contribution in [0.3, 0.4) is 0 Å². The van der Waals surface area contributed by atoms with E-state index >= 15 is 0 Å². The second-order valence-corrected chi connectivity index (χ2v) is 9.20. The van der Waals surface area contributed by atoms with Crippen LogP contribution >= 0.6 is 43.2 Å². The molecule has 0 aromatic carbocycles. The molecule has 0 fully saturated rings. The van der Waals surface area contributed by atoms with E-state index in [4.69, 9.17) is 0 Å². The Morgan fingerprint density at radius 2 is 2.06 bits per heavy atom. The van der Waals surface area contributed by atoms with Gasteiger partial charge >= 0.3 is 0 Å². The van der Waals surface area contributed by atoms with Crippen molar-refractivity contribution in [3.05, 3.63) is 15.9 Å². The summed E-state index contributed by atoms with van der Waals surface area (Å²) in [7, 11) is -3.37. The van der Waals surface area contributed by atoms with Crippen molar-refractivity contribution in [3.63, 3.8) is 0 Å². The van der Waals surface area contributed by atoms with Crippen molar-refractivity contribution < 1.29 is 8.42 Å². The third-order valence-electron chi connectivity index (χ3n) is 1.92. The van der Waals surface area contributed by atoms with Crippen molar-refractivity contribution in [1.29, 1.82) is 0 Å². The summed E-state index contributed by atoms with van der Waals surface area (Å²) >= 11 is 7.81. The van der Waals surface area contributed by atoms with E-state index < -0.39 is 10.0 Å². The molecule has 1 N–H and O–H groups in total. The van der Waals surface area contributed by atoms with Crippen LogP contribution in [0.15, 0.2) is 20.1 Å². The highest BCUT2D eigenvalue weighted by Crippen LogP contribution is 2.26. The van der Waals surface area contributed by atoms with Crippen LogP contribution in [0, 0.1) is 5.41 Å². The molecule has 0 saturated heterocycles. The first-order valence-electron chi connectivity index (χ1n) is 4.58. The summed E-state index contributed by atoms with van der Waals surface area (Å²) in [5, 5.41) is 0.747. The molecule has 0 radical (unpaired) electrons. The van der Waals surface area contributed by atoms with E-state index in [9.17, 15) is 8.42 Å². The van der Waals surface area contributed by atoms with E-state index in [0.717, 1.165) is 9.12 Å². The van der Waals surface area contributed by atoms with Gasteiger partial charge in [-0.1, -0.05) is 29.8 Å². The van der Waals surface area contributed by atoms with Crippen LogP contribution in [-0.2, 0) is 10.0 Å². The van der Waals surface area contributed by atoms with Crippen LogP contribution < -0.4 is 4.72 Å². The largest absolute Gasteiger partial charge is 0.250 e. The molecule has 0 saturated carbocycles. The summed E-state index contributed by atoms with van der Waals surface area (Å²) in [6, 6.07) is 3.33. The van der Waals surface area contributed by atoms with Crippen molar-refractivity contribution in [2.75, 3.05) is 11.9 Å². The third-order valence-corrected chi connectivity index (χ3v) is 6.95. The van der Waals surface area contributed by atoms with E-state index in [0.29, 0.717) is 10.8 Å². The van der Waals surface area contributed by atoms with Gasteiger partial charge in [0.25, 0.3) is 0 Å². The van der Waals surface area contributed by atoms with Crippen LogP contribution in [-0.4, -0.2) is 20.3 Å². The molecule has 7 heteroatoms. The normalized spacial score (nSPS) is 13.0. The minimum atomic E-state index is -3.37. The monoisotopic (exact) mass is 389 g/mol. The van der Waals surface area contributed by atoms with Gasteiger partial charge in [0, 0.05) is 11.9 Å². The Balaban J connectivity index is 2.74. The second-order valence-electron chi connectivity index (χ2n) is 4.18. The van der Waals surface area contributed by atoms with E-state index in [1.54, 1.807) is 12.1 Å². The Morgan fingerprint density at radius 3 is 2.50 bits per heavy atom. The summed E-state index contributed by atoms with van der Waals surface area (Å²) in [6.45, 7) is 4.40. The highest BCUT2D eigenvalue weighted by Gasteiger charge is 2.22. The molecule has 0 aliphatic carbocycles. The van der Waals surface area contributed by atoms with Gasteiger partial charge < -0.3 is 0 Å². The number of halogens is 2. The van der Waals surface area contributed by atoms with Crippen molar-refractivity contribution in [2.24, 2.45) is 5.41 Å². The zero-order chi connectivity index (χ0) is 12.4. The van der Waals surface area contributed by atoms with Crippen LogP contribution in [0.2, 0.25) is 0 Å². The van der Waals surface area contributed by atoms with Crippen LogP contribution in [0.4, 0.5) is 0 Å². The number of hydrogen-bond donors (Lipinski definition) is 1. The second kappa shape index (κ2) is 5.48. The lowest BCUT2D eigenvalue weighted by Crippen LogP contribution is -2.34. The van der Waals surface area contributed by atoms with Gasteiger partial charge in [-0.25, -0.2) is 13.1 Å². The molecule has 92 valence electrons. The topological polar surface area (TPSA) is 46.2 Å². The third kappa shape index (κ3) is 4.10. The highest BCUT2D eigenvalue weighted by atomic mass is 79.9. The molecule has 0 spiro atoms. The number of sulfonamides is 1. The number of alkyl halides is 1. The molecule has 16 heavy (non-hydrogen) atoms. The van der Waals surface area contributed by atoms with Gasteiger partial charge in [-0.05, 0) is 33.5 Å². The molecule has 0 aliphatic rings. The highest BCUT2D eigenvalue weighted by molar-refractivity contribution is 9.11. The molecular weight excluding hydrogens is 378 g/mol. The molecule has 0 aliphatic heterocycles. The molecule has 3 nitrogen and oxygen atoms in total. The van der Waals surface area contributed by atoms with Crippen LogP contribution in [0.5, 0.6) is 0 Å². The molecule has 1 rings (SSSR count). The lowest BCUT2D eigenvalue weighted by Gasteiger charge is -2.21. The van der Waals surface area contributed by atoms with Gasteiger partial charge in [-0.2, -0.15) is 0 Å². The first-order chi connectivity index (χ1) is 7.27. The molecule has 1 aromatic rings. The fourth-order valence-electron chi connectivity index (χ4n) is 0.851. The van der Waals surface area contributed by atoms with Gasteiger partial charge in [0.05, 0.1) is 3.79 Å². The maximum absolute atomic E-state index is 11.9. The molecule has 1 heterocycles. The molecule has 0 unspecified atom stereocenters. The Labute approximate surface area is 117 Å². The first-order valence-corrected chi connectivity index (χ1v) is 8.79. The quantitative estimate of drug-likeness (QED) is 0.784. The molecular formula is C9H13Br2NO2S2. The van der Waals surface area contributed by atoms with Crippen molar-refractivity contribution in [3.8, 4) is 0 Å². The summed E-state index contributed by atoms with van der Waals surface area (Å²) < 4.78 is 27.5. The molecule has 0 atom stereocenters. The number of hydrogen-bond acceptors (Lipinski definition) is 3. The first kappa shape index (κ1) is 14.6. The van der Waals surface area contributed by atoms with Gasteiger partial charge in [0.2, 0.25) is 10.0 Å². The maximum atomic E-state index is 11.9. The standard InChI is InChI=1S/C9H13Br2NO2S2/c1-9(2,5-10)6-12-16(13,14)8-4-3-7(11)15-8/h3-4,12H,5-6H2,1-2H3.